The smallest absolute Gasteiger partial charge is 0.192 e. The summed E-state index contributed by atoms with van der Waals surface area (Å²) in [6.07, 6.45) is 4.05. The zero-order valence-corrected chi connectivity index (χ0v) is 13.4. The van der Waals surface area contributed by atoms with Crippen molar-refractivity contribution in [2.45, 2.75) is 19.3 Å². The number of Topliss-reactive ketones (excluding diaryl/α,β-unsaturated/α-hetero) is 1. The molecular formula is C20H17ClO2. The molecule has 116 valence electrons. The van der Waals surface area contributed by atoms with Gasteiger partial charge in [-0.15, -0.1) is 0 Å². The van der Waals surface area contributed by atoms with Gasteiger partial charge in [0.2, 0.25) is 0 Å². The van der Waals surface area contributed by atoms with Crippen molar-refractivity contribution < 1.29 is 9.90 Å². The highest BCUT2D eigenvalue weighted by molar-refractivity contribution is 6.32. The number of carbonyl (C=O) groups excluding carboxylic acids is 1. The summed E-state index contributed by atoms with van der Waals surface area (Å²) in [4.78, 5) is 12.6. The third kappa shape index (κ3) is 3.38. The fourth-order valence-corrected chi connectivity index (χ4v) is 2.98. The molecule has 0 atom stereocenters. The van der Waals surface area contributed by atoms with Crippen LogP contribution in [0.3, 0.4) is 0 Å². The van der Waals surface area contributed by atoms with Crippen molar-refractivity contribution in [3.63, 3.8) is 0 Å². The number of ketones is 1. The predicted molar refractivity (Wildman–Crippen MR) is 93.7 cm³/mol. The second-order valence-electron chi connectivity index (χ2n) is 5.57. The fraction of sp³-hybridized carbons (Fsp3) is 0.150. The van der Waals surface area contributed by atoms with E-state index in [2.05, 4.69) is 0 Å². The van der Waals surface area contributed by atoms with E-state index in [0.29, 0.717) is 22.6 Å². The zero-order valence-electron chi connectivity index (χ0n) is 12.6. The topological polar surface area (TPSA) is 37.3 Å². The molecule has 1 aliphatic carbocycles. The lowest BCUT2D eigenvalue weighted by molar-refractivity contribution is 0.102. The molecule has 0 saturated heterocycles. The van der Waals surface area contributed by atoms with Crippen molar-refractivity contribution in [1.82, 2.24) is 0 Å². The standard InChI is InChI=1S/C20H17ClO2/c21-18-12-5-4-9-15(18)13-16-10-6-11-17(20(16)23)19(22)14-7-2-1-3-8-14/h1-5,7-9,12-13,23H,6,10-11H2/b16-13+. The van der Waals surface area contributed by atoms with Crippen LogP contribution in [0.25, 0.3) is 6.08 Å². The van der Waals surface area contributed by atoms with Crippen LogP contribution < -0.4 is 0 Å². The molecule has 0 bridgehead atoms. The normalized spacial score (nSPS) is 16.7. The zero-order chi connectivity index (χ0) is 16.2. The minimum Gasteiger partial charge on any atom is -0.507 e. The van der Waals surface area contributed by atoms with Gasteiger partial charge >= 0.3 is 0 Å². The van der Waals surface area contributed by atoms with E-state index in [1.54, 1.807) is 12.1 Å². The van der Waals surface area contributed by atoms with Crippen molar-refractivity contribution >= 4 is 23.5 Å². The van der Waals surface area contributed by atoms with Crippen molar-refractivity contribution in [2.24, 2.45) is 0 Å². The lowest BCUT2D eigenvalue weighted by Gasteiger charge is -2.18. The SMILES string of the molecule is O=C(C1=C(O)/C(=C/c2ccccc2Cl)CCC1)c1ccccc1. The van der Waals surface area contributed by atoms with Crippen LogP contribution in [-0.4, -0.2) is 10.9 Å². The Bertz CT molecular complexity index is 788. The number of hydrogen-bond acceptors (Lipinski definition) is 2. The van der Waals surface area contributed by atoms with Crippen LogP contribution in [0, 0.1) is 0 Å². The van der Waals surface area contributed by atoms with Crippen molar-refractivity contribution in [3.05, 3.63) is 87.7 Å². The molecule has 0 aromatic heterocycles. The summed E-state index contributed by atoms with van der Waals surface area (Å²) in [6.45, 7) is 0. The summed E-state index contributed by atoms with van der Waals surface area (Å²) >= 11 is 6.18. The number of aliphatic hydroxyl groups is 1. The maximum atomic E-state index is 12.6. The second-order valence-corrected chi connectivity index (χ2v) is 5.97. The molecule has 0 saturated carbocycles. The Hall–Kier alpha value is -2.32. The highest BCUT2D eigenvalue weighted by atomic mass is 35.5. The van der Waals surface area contributed by atoms with E-state index >= 15 is 0 Å². The van der Waals surface area contributed by atoms with E-state index in [4.69, 9.17) is 11.6 Å². The molecule has 0 unspecified atom stereocenters. The summed E-state index contributed by atoms with van der Waals surface area (Å²) in [5.41, 5.74) is 2.71. The van der Waals surface area contributed by atoms with Crippen LogP contribution in [0.15, 0.2) is 71.5 Å². The molecule has 2 aromatic rings. The van der Waals surface area contributed by atoms with E-state index in [9.17, 15) is 9.90 Å². The molecule has 0 fully saturated rings. The number of carbonyl (C=O) groups is 1. The molecular weight excluding hydrogens is 308 g/mol. The van der Waals surface area contributed by atoms with Crippen LogP contribution >= 0.6 is 11.6 Å². The maximum absolute atomic E-state index is 12.6. The molecule has 1 aliphatic rings. The van der Waals surface area contributed by atoms with Gasteiger partial charge in [0.25, 0.3) is 0 Å². The van der Waals surface area contributed by atoms with E-state index in [0.717, 1.165) is 24.0 Å². The third-order valence-corrected chi connectivity index (χ3v) is 4.35. The number of hydrogen-bond donors (Lipinski definition) is 1. The molecule has 2 aromatic carbocycles. The second kappa shape index (κ2) is 6.84. The van der Waals surface area contributed by atoms with Gasteiger partial charge in [-0.25, -0.2) is 0 Å². The van der Waals surface area contributed by atoms with Crippen molar-refractivity contribution in [2.75, 3.05) is 0 Å². The molecule has 0 aliphatic heterocycles. The summed E-state index contributed by atoms with van der Waals surface area (Å²) in [6, 6.07) is 16.5. The van der Waals surface area contributed by atoms with Crippen LogP contribution in [0.2, 0.25) is 5.02 Å². The Morgan fingerprint density at radius 3 is 2.43 bits per heavy atom. The van der Waals surface area contributed by atoms with Gasteiger partial charge in [-0.1, -0.05) is 60.1 Å². The van der Waals surface area contributed by atoms with E-state index in [1.165, 1.54) is 0 Å². The largest absolute Gasteiger partial charge is 0.507 e. The molecule has 0 heterocycles. The van der Waals surface area contributed by atoms with E-state index in [-0.39, 0.29) is 11.5 Å². The highest BCUT2D eigenvalue weighted by Gasteiger charge is 2.23. The molecule has 0 amide bonds. The van der Waals surface area contributed by atoms with Crippen LogP contribution in [0.4, 0.5) is 0 Å². The average molecular weight is 325 g/mol. The molecule has 0 spiro atoms. The van der Waals surface area contributed by atoms with Crippen LogP contribution in [0.1, 0.15) is 35.2 Å². The fourth-order valence-electron chi connectivity index (χ4n) is 2.79. The number of benzene rings is 2. The summed E-state index contributed by atoms with van der Waals surface area (Å²) in [7, 11) is 0. The van der Waals surface area contributed by atoms with Gasteiger partial charge in [-0.05, 0) is 42.5 Å². The quantitative estimate of drug-likeness (QED) is 0.746. The van der Waals surface area contributed by atoms with E-state index < -0.39 is 0 Å². The van der Waals surface area contributed by atoms with Gasteiger partial charge in [-0.3, -0.25) is 4.79 Å². The van der Waals surface area contributed by atoms with Gasteiger partial charge in [0.1, 0.15) is 5.76 Å². The first-order valence-corrected chi connectivity index (χ1v) is 8.02. The molecule has 0 radical (unpaired) electrons. The van der Waals surface area contributed by atoms with Crippen molar-refractivity contribution in [1.29, 1.82) is 0 Å². The van der Waals surface area contributed by atoms with Crippen LogP contribution in [0.5, 0.6) is 0 Å². The lowest BCUT2D eigenvalue weighted by Crippen LogP contribution is -2.12. The minimum atomic E-state index is -0.104. The minimum absolute atomic E-state index is 0.102. The number of rotatable bonds is 3. The Balaban J connectivity index is 1.98. The first-order valence-electron chi connectivity index (χ1n) is 7.64. The Morgan fingerprint density at radius 1 is 1.00 bits per heavy atom. The lowest BCUT2D eigenvalue weighted by atomic mass is 9.88. The van der Waals surface area contributed by atoms with Gasteiger partial charge in [0, 0.05) is 16.2 Å². The van der Waals surface area contributed by atoms with Gasteiger partial charge in [-0.2, -0.15) is 0 Å². The molecule has 1 N–H and O–H groups in total. The third-order valence-electron chi connectivity index (χ3n) is 4.01. The maximum Gasteiger partial charge on any atom is 0.192 e. The summed E-state index contributed by atoms with van der Waals surface area (Å²) < 4.78 is 0. The number of halogens is 1. The first kappa shape index (κ1) is 15.6. The van der Waals surface area contributed by atoms with Gasteiger partial charge in [0.05, 0.1) is 0 Å². The van der Waals surface area contributed by atoms with Crippen molar-refractivity contribution in [3.8, 4) is 0 Å². The highest BCUT2D eigenvalue weighted by Crippen LogP contribution is 2.32. The first-order chi connectivity index (χ1) is 11.2. The van der Waals surface area contributed by atoms with Crippen LogP contribution in [-0.2, 0) is 0 Å². The molecule has 2 nitrogen and oxygen atoms in total. The summed E-state index contributed by atoms with van der Waals surface area (Å²) in [5.74, 6) is -0.00196. The molecule has 3 rings (SSSR count). The Kier molecular flexibility index (Phi) is 4.63. The Morgan fingerprint density at radius 2 is 1.70 bits per heavy atom. The molecule has 3 heteroatoms. The predicted octanol–water partition coefficient (Wildman–Crippen LogP) is 5.60. The monoisotopic (exact) mass is 324 g/mol. The Labute approximate surface area is 140 Å². The molecule has 23 heavy (non-hydrogen) atoms. The van der Waals surface area contributed by atoms with Gasteiger partial charge < -0.3 is 5.11 Å². The average Bonchev–Trinajstić information content (AvgIpc) is 2.59. The number of aliphatic hydroxyl groups excluding tert-OH is 1. The number of allylic oxidation sites excluding steroid dienone is 2. The van der Waals surface area contributed by atoms with Gasteiger partial charge in [0.15, 0.2) is 5.78 Å². The summed E-state index contributed by atoms with van der Waals surface area (Å²) in [5, 5.41) is 11.2. The van der Waals surface area contributed by atoms with E-state index in [1.807, 2.05) is 48.5 Å².